The summed E-state index contributed by atoms with van der Waals surface area (Å²) in [6, 6.07) is 5.63. The van der Waals surface area contributed by atoms with E-state index in [9.17, 15) is 18.0 Å². The maximum absolute atomic E-state index is 12.3. The molecular formula is C13H12BrF3N2O2. The molecule has 1 atom stereocenters. The molecule has 21 heavy (non-hydrogen) atoms. The second-order valence-corrected chi connectivity index (χ2v) is 5.06. The number of halogens is 4. The van der Waals surface area contributed by atoms with Crippen LogP contribution in [0.25, 0.3) is 0 Å². The summed E-state index contributed by atoms with van der Waals surface area (Å²) < 4.78 is 41.2. The maximum Gasteiger partial charge on any atom is 0.573 e. The van der Waals surface area contributed by atoms with Crippen LogP contribution in [0, 0.1) is 17.2 Å². The van der Waals surface area contributed by atoms with Gasteiger partial charge in [0.15, 0.2) is 5.75 Å². The number of nitrogens with one attached hydrogen (secondary N) is 1. The third-order valence-electron chi connectivity index (χ3n) is 2.48. The van der Waals surface area contributed by atoms with Crippen molar-refractivity contribution in [3.63, 3.8) is 0 Å². The van der Waals surface area contributed by atoms with E-state index in [0.29, 0.717) is 17.3 Å². The van der Waals surface area contributed by atoms with Gasteiger partial charge in [-0.15, -0.1) is 13.2 Å². The zero-order valence-corrected chi connectivity index (χ0v) is 12.6. The van der Waals surface area contributed by atoms with Crippen LogP contribution in [0.5, 0.6) is 5.75 Å². The van der Waals surface area contributed by atoms with Gasteiger partial charge in [-0.1, -0.05) is 29.3 Å². The van der Waals surface area contributed by atoms with Gasteiger partial charge in [0.1, 0.15) is 5.92 Å². The van der Waals surface area contributed by atoms with Crippen LogP contribution in [-0.4, -0.2) is 12.3 Å². The van der Waals surface area contributed by atoms with Crippen LogP contribution >= 0.6 is 15.9 Å². The standard InChI is InChI=1S/C13H12BrF3N2O2/c1-2-3-8(7-18)12(20)19-10-5-4-9(14)6-11(10)21-13(15,16)17/h4-6,8H,2-3H2,1H3,(H,19,20). The summed E-state index contributed by atoms with van der Waals surface area (Å²) >= 11 is 3.03. The predicted molar refractivity (Wildman–Crippen MR) is 73.5 cm³/mol. The first-order valence-corrected chi connectivity index (χ1v) is 6.82. The Balaban J connectivity index is 2.97. The summed E-state index contributed by atoms with van der Waals surface area (Å²) in [5.41, 5.74) is -0.142. The van der Waals surface area contributed by atoms with Gasteiger partial charge in [-0.25, -0.2) is 0 Å². The molecule has 1 rings (SSSR count). The average molecular weight is 365 g/mol. The predicted octanol–water partition coefficient (Wildman–Crippen LogP) is 4.23. The number of nitriles is 1. The van der Waals surface area contributed by atoms with Crippen molar-refractivity contribution < 1.29 is 22.7 Å². The number of carbonyl (C=O) groups is 1. The van der Waals surface area contributed by atoms with Crippen LogP contribution in [0.1, 0.15) is 19.8 Å². The number of anilines is 1. The largest absolute Gasteiger partial charge is 0.573 e. The van der Waals surface area contributed by atoms with E-state index in [1.54, 1.807) is 6.92 Å². The molecule has 0 heterocycles. The summed E-state index contributed by atoms with van der Waals surface area (Å²) in [6.45, 7) is 1.80. The van der Waals surface area contributed by atoms with Gasteiger partial charge in [-0.05, 0) is 24.6 Å². The van der Waals surface area contributed by atoms with E-state index in [1.807, 2.05) is 6.07 Å². The molecule has 0 radical (unpaired) electrons. The monoisotopic (exact) mass is 364 g/mol. The Morgan fingerprint density at radius 2 is 2.19 bits per heavy atom. The molecule has 4 nitrogen and oxygen atoms in total. The van der Waals surface area contributed by atoms with Crippen molar-refractivity contribution in [2.24, 2.45) is 5.92 Å². The highest BCUT2D eigenvalue weighted by Crippen LogP contribution is 2.33. The molecule has 0 fully saturated rings. The molecular weight excluding hydrogens is 353 g/mol. The van der Waals surface area contributed by atoms with Crippen LogP contribution in [-0.2, 0) is 4.79 Å². The van der Waals surface area contributed by atoms with Gasteiger partial charge in [0, 0.05) is 4.47 Å². The van der Waals surface area contributed by atoms with Crippen LogP contribution in [0.4, 0.5) is 18.9 Å². The highest BCUT2D eigenvalue weighted by molar-refractivity contribution is 9.10. The SMILES string of the molecule is CCCC(C#N)C(=O)Nc1ccc(Br)cc1OC(F)(F)F. The van der Waals surface area contributed by atoms with Crippen molar-refractivity contribution in [1.29, 1.82) is 5.26 Å². The molecule has 1 N–H and O–H groups in total. The molecule has 1 amide bonds. The number of carbonyl (C=O) groups excluding carboxylic acids is 1. The quantitative estimate of drug-likeness (QED) is 0.850. The lowest BCUT2D eigenvalue weighted by Crippen LogP contribution is -2.23. The average Bonchev–Trinajstić information content (AvgIpc) is 2.37. The number of hydrogen-bond acceptors (Lipinski definition) is 3. The van der Waals surface area contributed by atoms with E-state index in [-0.39, 0.29) is 5.69 Å². The summed E-state index contributed by atoms with van der Waals surface area (Å²) in [5, 5.41) is 11.2. The minimum absolute atomic E-state index is 0.142. The lowest BCUT2D eigenvalue weighted by molar-refractivity contribution is -0.274. The van der Waals surface area contributed by atoms with Gasteiger partial charge in [0.25, 0.3) is 0 Å². The minimum atomic E-state index is -4.88. The number of nitrogens with zero attached hydrogens (tertiary/aromatic N) is 1. The molecule has 0 spiro atoms. The molecule has 0 aliphatic carbocycles. The Morgan fingerprint density at radius 1 is 1.52 bits per heavy atom. The molecule has 1 unspecified atom stereocenters. The van der Waals surface area contributed by atoms with E-state index in [0.717, 1.165) is 6.07 Å². The fourth-order valence-electron chi connectivity index (χ4n) is 1.57. The molecule has 8 heteroatoms. The first-order chi connectivity index (χ1) is 9.76. The number of hydrogen-bond donors (Lipinski definition) is 1. The van der Waals surface area contributed by atoms with E-state index in [4.69, 9.17) is 5.26 Å². The molecule has 0 aliphatic heterocycles. The Kier molecular flexibility index (Phi) is 6.03. The van der Waals surface area contributed by atoms with Crippen molar-refractivity contribution in [2.45, 2.75) is 26.1 Å². The van der Waals surface area contributed by atoms with Gasteiger partial charge in [-0.2, -0.15) is 5.26 Å². The minimum Gasteiger partial charge on any atom is -0.404 e. The second kappa shape index (κ2) is 7.31. The molecule has 0 saturated carbocycles. The highest BCUT2D eigenvalue weighted by atomic mass is 79.9. The van der Waals surface area contributed by atoms with Crippen LogP contribution in [0.3, 0.4) is 0 Å². The maximum atomic E-state index is 12.3. The third kappa shape index (κ3) is 5.63. The van der Waals surface area contributed by atoms with Crippen LogP contribution < -0.4 is 10.1 Å². The number of alkyl halides is 3. The van der Waals surface area contributed by atoms with Gasteiger partial charge in [0.2, 0.25) is 5.91 Å². The normalized spacial score (nSPS) is 12.4. The summed E-state index contributed by atoms with van der Waals surface area (Å²) in [7, 11) is 0. The van der Waals surface area contributed by atoms with Crippen molar-refractivity contribution in [3.05, 3.63) is 22.7 Å². The molecule has 0 saturated heterocycles. The molecule has 0 aromatic heterocycles. The van der Waals surface area contributed by atoms with Crippen LogP contribution in [0.2, 0.25) is 0 Å². The van der Waals surface area contributed by atoms with Crippen molar-refractivity contribution in [2.75, 3.05) is 5.32 Å². The van der Waals surface area contributed by atoms with E-state index >= 15 is 0 Å². The highest BCUT2D eigenvalue weighted by Gasteiger charge is 2.32. The zero-order valence-electron chi connectivity index (χ0n) is 11.0. The Hall–Kier alpha value is -1.75. The van der Waals surface area contributed by atoms with Crippen molar-refractivity contribution in [3.8, 4) is 11.8 Å². The topological polar surface area (TPSA) is 62.1 Å². The second-order valence-electron chi connectivity index (χ2n) is 4.15. The first-order valence-electron chi connectivity index (χ1n) is 6.02. The Morgan fingerprint density at radius 3 is 2.71 bits per heavy atom. The number of amides is 1. The van der Waals surface area contributed by atoms with Gasteiger partial charge in [0.05, 0.1) is 11.8 Å². The van der Waals surface area contributed by atoms with Gasteiger partial charge < -0.3 is 10.1 Å². The Bertz CT molecular complexity index is 555. The molecule has 1 aromatic rings. The van der Waals surface area contributed by atoms with E-state index in [2.05, 4.69) is 26.0 Å². The van der Waals surface area contributed by atoms with Crippen molar-refractivity contribution in [1.82, 2.24) is 0 Å². The molecule has 0 aliphatic rings. The smallest absolute Gasteiger partial charge is 0.404 e. The summed E-state index contributed by atoms with van der Waals surface area (Å²) in [5.74, 6) is -2.12. The summed E-state index contributed by atoms with van der Waals surface area (Å²) in [4.78, 5) is 11.9. The molecule has 1 aromatic carbocycles. The molecule has 114 valence electrons. The van der Waals surface area contributed by atoms with Gasteiger partial charge in [-0.3, -0.25) is 4.79 Å². The number of benzene rings is 1. The van der Waals surface area contributed by atoms with Crippen LogP contribution in [0.15, 0.2) is 22.7 Å². The fourth-order valence-corrected chi connectivity index (χ4v) is 1.91. The molecule has 0 bridgehead atoms. The lowest BCUT2D eigenvalue weighted by atomic mass is 10.0. The number of rotatable bonds is 5. The Labute approximate surface area is 128 Å². The van der Waals surface area contributed by atoms with Gasteiger partial charge >= 0.3 is 6.36 Å². The third-order valence-corrected chi connectivity index (χ3v) is 2.97. The van der Waals surface area contributed by atoms with E-state index in [1.165, 1.54) is 12.1 Å². The summed E-state index contributed by atoms with van der Waals surface area (Å²) in [6.07, 6.45) is -3.94. The fraction of sp³-hybridized carbons (Fsp3) is 0.385. The van der Waals surface area contributed by atoms with E-state index < -0.39 is 23.9 Å². The first kappa shape index (κ1) is 17.3. The van der Waals surface area contributed by atoms with Crippen molar-refractivity contribution >= 4 is 27.5 Å². The lowest BCUT2D eigenvalue weighted by Gasteiger charge is -2.15. The number of ether oxygens (including phenoxy) is 1. The zero-order chi connectivity index (χ0) is 16.0.